The second-order valence-electron chi connectivity index (χ2n) is 6.64. The van der Waals surface area contributed by atoms with Gasteiger partial charge < -0.3 is 15.1 Å². The predicted octanol–water partition coefficient (Wildman–Crippen LogP) is 3.08. The maximum atomic E-state index is 14.0. The van der Waals surface area contributed by atoms with Crippen LogP contribution in [0.25, 0.3) is 0 Å². The molecule has 0 saturated carbocycles. The van der Waals surface area contributed by atoms with Crippen LogP contribution in [0.4, 0.5) is 15.8 Å². The molecule has 1 N–H and O–H groups in total. The monoisotopic (exact) mass is 356 g/mol. The minimum Gasteiger partial charge on any atom is -0.367 e. The number of halogens is 1. The van der Waals surface area contributed by atoms with E-state index in [1.54, 1.807) is 18.5 Å². The first-order valence-corrected chi connectivity index (χ1v) is 9.09. The fourth-order valence-corrected chi connectivity index (χ4v) is 3.05. The van der Waals surface area contributed by atoms with Crippen LogP contribution >= 0.6 is 0 Å². The molecule has 1 aliphatic heterocycles. The number of hydrogen-bond acceptors (Lipinski definition) is 4. The molecule has 3 rings (SSSR count). The summed E-state index contributed by atoms with van der Waals surface area (Å²) in [6.45, 7) is 6.99. The number of hydrogen-bond donors (Lipinski definition) is 1. The van der Waals surface area contributed by atoms with Gasteiger partial charge >= 0.3 is 0 Å². The zero-order valence-electron chi connectivity index (χ0n) is 15.3. The van der Waals surface area contributed by atoms with E-state index in [4.69, 9.17) is 0 Å². The molecule has 1 atom stereocenters. The average molecular weight is 356 g/mol. The van der Waals surface area contributed by atoms with Crippen LogP contribution in [0.1, 0.15) is 30.6 Å². The SMILES string of the molecule is CCC(C)NC(=O)c1cncc(N2CCN(c3ccccc3F)CC2)c1. The molecule has 1 saturated heterocycles. The lowest BCUT2D eigenvalue weighted by molar-refractivity contribution is 0.0939. The highest BCUT2D eigenvalue weighted by Crippen LogP contribution is 2.23. The molecule has 0 bridgehead atoms. The minimum atomic E-state index is -0.189. The van der Waals surface area contributed by atoms with Crippen LogP contribution in [0.3, 0.4) is 0 Å². The van der Waals surface area contributed by atoms with Crippen LogP contribution in [0.15, 0.2) is 42.7 Å². The highest BCUT2D eigenvalue weighted by atomic mass is 19.1. The summed E-state index contributed by atoms with van der Waals surface area (Å²) in [5, 5.41) is 2.96. The van der Waals surface area contributed by atoms with Gasteiger partial charge in [0.05, 0.1) is 23.1 Å². The zero-order valence-corrected chi connectivity index (χ0v) is 15.3. The molecule has 0 spiro atoms. The number of aromatic nitrogens is 1. The van der Waals surface area contributed by atoms with E-state index in [1.807, 2.05) is 32.0 Å². The van der Waals surface area contributed by atoms with Crippen molar-refractivity contribution >= 4 is 17.3 Å². The van der Waals surface area contributed by atoms with Crippen LogP contribution in [-0.4, -0.2) is 43.1 Å². The maximum absolute atomic E-state index is 14.0. The predicted molar refractivity (Wildman–Crippen MR) is 102 cm³/mol. The minimum absolute atomic E-state index is 0.0984. The fourth-order valence-electron chi connectivity index (χ4n) is 3.05. The molecule has 6 heteroatoms. The second-order valence-corrected chi connectivity index (χ2v) is 6.64. The summed E-state index contributed by atoms with van der Waals surface area (Å²) in [5.74, 6) is -0.287. The normalized spacial score (nSPS) is 15.7. The summed E-state index contributed by atoms with van der Waals surface area (Å²) in [6.07, 6.45) is 4.26. The van der Waals surface area contributed by atoms with Crippen molar-refractivity contribution in [1.82, 2.24) is 10.3 Å². The lowest BCUT2D eigenvalue weighted by Gasteiger charge is -2.37. The van der Waals surface area contributed by atoms with Gasteiger partial charge in [-0.05, 0) is 31.5 Å². The van der Waals surface area contributed by atoms with E-state index in [1.165, 1.54) is 6.07 Å². The first-order valence-electron chi connectivity index (χ1n) is 9.09. The number of benzene rings is 1. The molecule has 26 heavy (non-hydrogen) atoms. The van der Waals surface area contributed by atoms with Crippen LogP contribution in [0.5, 0.6) is 0 Å². The molecular formula is C20H25FN4O. The van der Waals surface area contributed by atoms with Crippen molar-refractivity contribution in [3.05, 3.63) is 54.1 Å². The molecule has 1 fully saturated rings. The number of pyridine rings is 1. The Morgan fingerprint density at radius 2 is 1.88 bits per heavy atom. The fraction of sp³-hybridized carbons (Fsp3) is 0.400. The molecule has 0 radical (unpaired) electrons. The van der Waals surface area contributed by atoms with Crippen molar-refractivity contribution in [2.24, 2.45) is 0 Å². The maximum Gasteiger partial charge on any atom is 0.253 e. The van der Waals surface area contributed by atoms with Crippen LogP contribution in [0, 0.1) is 5.82 Å². The van der Waals surface area contributed by atoms with Gasteiger partial charge in [-0.3, -0.25) is 9.78 Å². The van der Waals surface area contributed by atoms with Crippen LogP contribution in [0.2, 0.25) is 0 Å². The van der Waals surface area contributed by atoms with Gasteiger partial charge in [-0.2, -0.15) is 0 Å². The van der Waals surface area contributed by atoms with Crippen molar-refractivity contribution in [2.45, 2.75) is 26.3 Å². The summed E-state index contributed by atoms with van der Waals surface area (Å²) >= 11 is 0. The number of rotatable bonds is 5. The summed E-state index contributed by atoms with van der Waals surface area (Å²) in [4.78, 5) is 20.8. The van der Waals surface area contributed by atoms with Crippen LogP contribution < -0.4 is 15.1 Å². The van der Waals surface area contributed by atoms with Gasteiger partial charge in [-0.15, -0.1) is 0 Å². The number of para-hydroxylation sites is 1. The number of carbonyl (C=O) groups is 1. The largest absolute Gasteiger partial charge is 0.367 e. The molecule has 1 amide bonds. The Morgan fingerprint density at radius 1 is 1.19 bits per heavy atom. The van der Waals surface area contributed by atoms with E-state index < -0.39 is 0 Å². The standard InChI is InChI=1S/C20H25FN4O/c1-3-15(2)23-20(26)16-12-17(14-22-13-16)24-8-10-25(11-9-24)19-7-5-4-6-18(19)21/h4-7,12-15H,3,8-11H2,1-2H3,(H,23,26). The molecular weight excluding hydrogens is 331 g/mol. The number of anilines is 2. The number of piperazine rings is 1. The Labute approximate surface area is 153 Å². The Balaban J connectivity index is 1.65. The first kappa shape index (κ1) is 18.2. The zero-order chi connectivity index (χ0) is 18.5. The van der Waals surface area contributed by atoms with Crippen LogP contribution in [-0.2, 0) is 0 Å². The molecule has 1 aliphatic rings. The van der Waals surface area contributed by atoms with Gasteiger partial charge in [0.1, 0.15) is 5.82 Å². The van der Waals surface area contributed by atoms with E-state index in [0.29, 0.717) is 11.3 Å². The Bertz CT molecular complexity index is 759. The third-order valence-electron chi connectivity index (χ3n) is 4.81. The third kappa shape index (κ3) is 4.12. The molecule has 2 heterocycles. The van der Waals surface area contributed by atoms with E-state index in [0.717, 1.165) is 38.3 Å². The quantitative estimate of drug-likeness (QED) is 0.894. The Morgan fingerprint density at radius 3 is 2.58 bits per heavy atom. The Hall–Kier alpha value is -2.63. The van der Waals surface area contributed by atoms with Crippen molar-refractivity contribution < 1.29 is 9.18 Å². The molecule has 1 unspecified atom stereocenters. The molecule has 1 aromatic heterocycles. The van der Waals surface area contributed by atoms with Crippen molar-refractivity contribution in [2.75, 3.05) is 36.0 Å². The van der Waals surface area contributed by atoms with Gasteiger partial charge in [-0.25, -0.2) is 4.39 Å². The lowest BCUT2D eigenvalue weighted by atomic mass is 10.2. The van der Waals surface area contributed by atoms with E-state index >= 15 is 0 Å². The van der Waals surface area contributed by atoms with Gasteiger partial charge in [0.25, 0.3) is 5.91 Å². The van der Waals surface area contributed by atoms with Gasteiger partial charge in [0.2, 0.25) is 0 Å². The summed E-state index contributed by atoms with van der Waals surface area (Å²) in [5.41, 5.74) is 2.14. The lowest BCUT2D eigenvalue weighted by Crippen LogP contribution is -2.47. The van der Waals surface area contributed by atoms with E-state index in [2.05, 4.69) is 20.1 Å². The number of amides is 1. The van der Waals surface area contributed by atoms with E-state index in [-0.39, 0.29) is 17.8 Å². The van der Waals surface area contributed by atoms with Crippen molar-refractivity contribution in [3.8, 4) is 0 Å². The summed E-state index contributed by atoms with van der Waals surface area (Å²) in [6, 6.07) is 8.88. The number of nitrogens with zero attached hydrogens (tertiary/aromatic N) is 3. The van der Waals surface area contributed by atoms with Crippen molar-refractivity contribution in [3.63, 3.8) is 0 Å². The van der Waals surface area contributed by atoms with E-state index in [9.17, 15) is 9.18 Å². The third-order valence-corrected chi connectivity index (χ3v) is 4.81. The number of carbonyl (C=O) groups excluding carboxylic acids is 1. The molecule has 0 aliphatic carbocycles. The van der Waals surface area contributed by atoms with Gasteiger partial charge in [0.15, 0.2) is 0 Å². The molecule has 2 aromatic rings. The highest BCUT2D eigenvalue weighted by molar-refractivity contribution is 5.94. The topological polar surface area (TPSA) is 48.5 Å². The second kappa shape index (κ2) is 8.17. The highest BCUT2D eigenvalue weighted by Gasteiger charge is 2.20. The van der Waals surface area contributed by atoms with Crippen molar-refractivity contribution in [1.29, 1.82) is 0 Å². The summed E-state index contributed by atoms with van der Waals surface area (Å²) < 4.78 is 14.0. The molecule has 1 aromatic carbocycles. The van der Waals surface area contributed by atoms with Gasteiger partial charge in [0, 0.05) is 38.4 Å². The first-order chi connectivity index (χ1) is 12.6. The average Bonchev–Trinajstić information content (AvgIpc) is 2.68. The summed E-state index contributed by atoms with van der Waals surface area (Å²) in [7, 11) is 0. The smallest absolute Gasteiger partial charge is 0.253 e. The molecule has 5 nitrogen and oxygen atoms in total. The number of nitrogens with one attached hydrogen (secondary N) is 1. The molecule has 138 valence electrons. The Kier molecular flexibility index (Phi) is 5.71. The van der Waals surface area contributed by atoms with Gasteiger partial charge in [-0.1, -0.05) is 19.1 Å².